The number of hydrogen-bond donors (Lipinski definition) is 2. The number of carbonyl (C=O) groups is 3. The summed E-state index contributed by atoms with van der Waals surface area (Å²) in [4.78, 5) is 38.6. The maximum atomic E-state index is 13.0. The Morgan fingerprint density at radius 3 is 2.31 bits per heavy atom. The molecular weight excluding hydrogens is 372 g/mol. The Bertz CT molecular complexity index is 1030. The van der Waals surface area contributed by atoms with Crippen molar-refractivity contribution in [3.05, 3.63) is 70.3 Å². The van der Waals surface area contributed by atoms with E-state index in [0.717, 1.165) is 5.57 Å². The van der Waals surface area contributed by atoms with Crippen LogP contribution < -0.4 is 11.1 Å². The van der Waals surface area contributed by atoms with E-state index in [1.165, 1.54) is 6.07 Å². The van der Waals surface area contributed by atoms with Gasteiger partial charge in [-0.15, -0.1) is 0 Å². The van der Waals surface area contributed by atoms with Crippen LogP contribution in [0, 0.1) is 0 Å². The minimum Gasteiger partial charge on any atom is -0.460 e. The summed E-state index contributed by atoms with van der Waals surface area (Å²) in [5.41, 5.74) is 8.07. The van der Waals surface area contributed by atoms with Crippen molar-refractivity contribution in [3.8, 4) is 0 Å². The van der Waals surface area contributed by atoms with Crippen molar-refractivity contribution >= 4 is 28.9 Å². The zero-order valence-electron chi connectivity index (χ0n) is 16.3. The summed E-state index contributed by atoms with van der Waals surface area (Å²) in [5.74, 6) is -1.41. The molecule has 0 bridgehead atoms. The topological polar surface area (TPSA) is 108 Å². The van der Waals surface area contributed by atoms with Crippen molar-refractivity contribution in [1.82, 2.24) is 0 Å². The largest absolute Gasteiger partial charge is 0.460 e. The summed E-state index contributed by atoms with van der Waals surface area (Å²) >= 11 is 0. The average molecular weight is 394 g/mol. The summed E-state index contributed by atoms with van der Waals surface area (Å²) in [7, 11) is 1.60. The van der Waals surface area contributed by atoms with E-state index in [1.807, 2.05) is 6.92 Å². The molecule has 0 saturated carbocycles. The first-order valence-electron chi connectivity index (χ1n) is 9.08. The molecule has 0 radical (unpaired) electrons. The van der Waals surface area contributed by atoms with Gasteiger partial charge in [0.25, 0.3) is 0 Å². The minimum absolute atomic E-state index is 0.0195. The highest BCUT2D eigenvalue weighted by atomic mass is 16.6. The van der Waals surface area contributed by atoms with Gasteiger partial charge in [0.05, 0.1) is 35.6 Å². The van der Waals surface area contributed by atoms with Crippen molar-refractivity contribution in [3.63, 3.8) is 0 Å². The van der Waals surface area contributed by atoms with Gasteiger partial charge in [-0.1, -0.05) is 36.4 Å². The second kappa shape index (κ2) is 8.28. The number of hydrogen-bond acceptors (Lipinski definition) is 7. The van der Waals surface area contributed by atoms with Gasteiger partial charge in [0, 0.05) is 23.9 Å². The second-order valence-electron chi connectivity index (χ2n) is 6.73. The normalized spacial score (nSPS) is 12.2. The zero-order valence-corrected chi connectivity index (χ0v) is 16.3. The average Bonchev–Trinajstić information content (AvgIpc) is 2.71. The molecule has 2 aromatic carbocycles. The van der Waals surface area contributed by atoms with Gasteiger partial charge in [-0.05, 0) is 13.0 Å². The predicted molar refractivity (Wildman–Crippen MR) is 110 cm³/mol. The molecule has 7 heteroatoms. The van der Waals surface area contributed by atoms with Crippen LogP contribution in [0.5, 0.6) is 0 Å². The fraction of sp³-hybridized carbons (Fsp3) is 0.227. The first-order valence-corrected chi connectivity index (χ1v) is 9.08. The SMILES string of the molecule is C=C(C)COCCOC(=O)c1cc(NC)c2c(c1N)C(=O)c1ccccc1C2=O. The molecule has 150 valence electrons. The first-order chi connectivity index (χ1) is 13.9. The van der Waals surface area contributed by atoms with Crippen LogP contribution in [0.15, 0.2) is 42.5 Å². The van der Waals surface area contributed by atoms with Crippen molar-refractivity contribution in [2.45, 2.75) is 6.92 Å². The van der Waals surface area contributed by atoms with E-state index >= 15 is 0 Å². The van der Waals surface area contributed by atoms with E-state index in [-0.39, 0.29) is 46.9 Å². The minimum atomic E-state index is -0.695. The molecule has 7 nitrogen and oxygen atoms in total. The number of rotatable bonds is 7. The Hall–Kier alpha value is -3.45. The molecule has 0 fully saturated rings. The predicted octanol–water partition coefficient (Wildman–Crippen LogP) is 2.84. The van der Waals surface area contributed by atoms with Crippen LogP contribution in [0.4, 0.5) is 11.4 Å². The molecule has 3 rings (SSSR count). The Morgan fingerprint density at radius 1 is 1.10 bits per heavy atom. The number of nitrogen functional groups attached to an aromatic ring is 1. The Balaban J connectivity index is 1.94. The third-order valence-corrected chi connectivity index (χ3v) is 4.54. The quantitative estimate of drug-likeness (QED) is 0.275. The van der Waals surface area contributed by atoms with Crippen molar-refractivity contribution in [2.75, 3.05) is 37.9 Å². The molecule has 0 saturated heterocycles. The maximum Gasteiger partial charge on any atom is 0.340 e. The summed E-state index contributed by atoms with van der Waals surface area (Å²) in [6.07, 6.45) is 0. The lowest BCUT2D eigenvalue weighted by molar-refractivity contribution is 0.0348. The Labute approximate surface area is 168 Å². The highest BCUT2D eigenvalue weighted by molar-refractivity contribution is 6.32. The molecule has 0 unspecified atom stereocenters. The number of carbonyl (C=O) groups excluding carboxylic acids is 3. The number of ether oxygens (including phenoxy) is 2. The Kier molecular flexibility index (Phi) is 5.79. The number of nitrogens with two attached hydrogens (primary N) is 1. The van der Waals surface area contributed by atoms with E-state index in [9.17, 15) is 14.4 Å². The Morgan fingerprint density at radius 2 is 1.72 bits per heavy atom. The monoisotopic (exact) mass is 394 g/mol. The number of benzene rings is 2. The van der Waals surface area contributed by atoms with Crippen molar-refractivity contribution < 1.29 is 23.9 Å². The van der Waals surface area contributed by atoms with Crippen LogP contribution in [0.25, 0.3) is 0 Å². The lowest BCUT2D eigenvalue weighted by atomic mass is 9.81. The van der Waals surface area contributed by atoms with Gasteiger partial charge in [-0.25, -0.2) is 4.79 Å². The van der Waals surface area contributed by atoms with Crippen molar-refractivity contribution in [1.29, 1.82) is 0 Å². The fourth-order valence-corrected chi connectivity index (χ4v) is 3.20. The molecule has 29 heavy (non-hydrogen) atoms. The maximum absolute atomic E-state index is 13.0. The third-order valence-electron chi connectivity index (χ3n) is 4.54. The second-order valence-corrected chi connectivity index (χ2v) is 6.73. The van der Waals surface area contributed by atoms with Gasteiger partial charge in [0.2, 0.25) is 0 Å². The first kappa shape index (κ1) is 20.3. The highest BCUT2D eigenvalue weighted by Gasteiger charge is 2.35. The standard InChI is InChI=1S/C22H22N2O5/c1-12(2)11-28-8-9-29-22(27)15-10-16(24-3)17-18(19(15)23)21(26)14-7-5-4-6-13(14)20(17)25/h4-7,10,24H,1,8-9,11,23H2,2-3H3. The van der Waals surface area contributed by atoms with Crippen molar-refractivity contribution in [2.24, 2.45) is 0 Å². The molecule has 1 aliphatic rings. The van der Waals surface area contributed by atoms with Gasteiger partial charge in [-0.2, -0.15) is 0 Å². The number of esters is 1. The van der Waals surface area contributed by atoms with E-state index in [2.05, 4.69) is 11.9 Å². The van der Waals surface area contributed by atoms with Gasteiger partial charge in [0.1, 0.15) is 6.61 Å². The van der Waals surface area contributed by atoms with Crippen LogP contribution in [0.3, 0.4) is 0 Å². The zero-order chi connectivity index (χ0) is 21.1. The fourth-order valence-electron chi connectivity index (χ4n) is 3.20. The van der Waals surface area contributed by atoms with Crippen LogP contribution in [-0.2, 0) is 9.47 Å². The third kappa shape index (κ3) is 3.77. The molecule has 0 spiro atoms. The lowest BCUT2D eigenvalue weighted by Gasteiger charge is -2.23. The van der Waals surface area contributed by atoms with E-state index in [0.29, 0.717) is 17.9 Å². The van der Waals surface area contributed by atoms with Gasteiger partial charge < -0.3 is 20.5 Å². The summed E-state index contributed by atoms with van der Waals surface area (Å²) in [6.45, 7) is 6.15. The molecule has 3 N–H and O–H groups in total. The van der Waals surface area contributed by atoms with Crippen LogP contribution in [-0.4, -0.2) is 44.4 Å². The summed E-state index contributed by atoms with van der Waals surface area (Å²) in [5, 5.41) is 2.88. The molecule has 0 amide bonds. The van der Waals surface area contributed by atoms with E-state index in [4.69, 9.17) is 15.2 Å². The molecular formula is C22H22N2O5. The number of anilines is 2. The van der Waals surface area contributed by atoms with Crippen LogP contribution in [0.1, 0.15) is 49.1 Å². The van der Waals surface area contributed by atoms with E-state index < -0.39 is 11.8 Å². The number of fused-ring (bicyclic) bond motifs is 2. The number of ketones is 2. The van der Waals surface area contributed by atoms with Gasteiger partial charge >= 0.3 is 5.97 Å². The van der Waals surface area contributed by atoms with Gasteiger partial charge in [-0.3, -0.25) is 9.59 Å². The molecule has 0 aromatic heterocycles. The molecule has 1 aliphatic carbocycles. The molecule has 0 heterocycles. The smallest absolute Gasteiger partial charge is 0.340 e. The molecule has 0 atom stereocenters. The van der Waals surface area contributed by atoms with E-state index in [1.54, 1.807) is 31.3 Å². The van der Waals surface area contributed by atoms with Crippen LogP contribution >= 0.6 is 0 Å². The number of nitrogens with one attached hydrogen (secondary N) is 1. The summed E-state index contributed by atoms with van der Waals surface area (Å²) < 4.78 is 10.5. The summed E-state index contributed by atoms with van der Waals surface area (Å²) in [6, 6.07) is 7.97. The van der Waals surface area contributed by atoms with Crippen LogP contribution in [0.2, 0.25) is 0 Å². The molecule has 2 aromatic rings. The highest BCUT2D eigenvalue weighted by Crippen LogP contribution is 2.37. The molecule has 0 aliphatic heterocycles. The van der Waals surface area contributed by atoms with Gasteiger partial charge in [0.15, 0.2) is 11.6 Å². The lowest BCUT2D eigenvalue weighted by Crippen LogP contribution is -2.25.